The second kappa shape index (κ2) is 7.11. The number of benzene rings is 2. The Morgan fingerprint density at radius 1 is 0.963 bits per heavy atom. The molecule has 2 aromatic rings. The van der Waals surface area contributed by atoms with Crippen LogP contribution < -0.4 is 5.32 Å². The summed E-state index contributed by atoms with van der Waals surface area (Å²) in [6, 6.07) is 3.19. The first-order valence-corrected chi connectivity index (χ1v) is 9.95. The van der Waals surface area contributed by atoms with Gasteiger partial charge in [0.15, 0.2) is 0 Å². The van der Waals surface area contributed by atoms with Crippen LogP contribution in [0.4, 0.5) is 5.69 Å². The van der Waals surface area contributed by atoms with Gasteiger partial charge in [0.05, 0.1) is 17.0 Å². The second-order valence-electron chi connectivity index (χ2n) is 5.37. The number of fused-ring (bicyclic) bond motifs is 1. The number of nitrogens with one attached hydrogen (secondary N) is 1. The zero-order chi connectivity index (χ0) is 20.6. The lowest BCUT2D eigenvalue weighted by atomic mass is 10.1. The molecule has 0 heterocycles. The zero-order valence-corrected chi connectivity index (χ0v) is 14.9. The molecule has 0 fully saturated rings. The minimum Gasteiger partial charge on any atom is -0.507 e. The van der Waals surface area contributed by atoms with E-state index in [1.54, 1.807) is 0 Å². The Morgan fingerprint density at radius 2 is 1.59 bits per heavy atom. The summed E-state index contributed by atoms with van der Waals surface area (Å²) in [4.78, 5) is 20.7. The maximum atomic E-state index is 11.8. The van der Waals surface area contributed by atoms with Crippen molar-refractivity contribution in [1.82, 2.24) is 0 Å². The molecule has 2 rings (SSSR count). The molecule has 0 bridgehead atoms. The molecule has 0 unspecified atom stereocenters. The molecule has 0 atom stereocenters. The van der Waals surface area contributed by atoms with Crippen LogP contribution in [0, 0.1) is 0 Å². The fourth-order valence-corrected chi connectivity index (χ4v) is 3.53. The fourth-order valence-electron chi connectivity index (χ4n) is 2.32. The molecular weight excluding hydrogens is 406 g/mol. The number of anilines is 1. The lowest BCUT2D eigenvalue weighted by Crippen LogP contribution is -2.14. The highest BCUT2D eigenvalue weighted by atomic mass is 32.2. The molecule has 2 aromatic carbocycles. The topological polar surface area (TPSA) is 195 Å². The van der Waals surface area contributed by atoms with Gasteiger partial charge in [0.2, 0.25) is 5.91 Å². The first-order valence-electron chi connectivity index (χ1n) is 7.07. The van der Waals surface area contributed by atoms with E-state index in [-0.39, 0.29) is 11.1 Å². The molecule has 0 aliphatic rings. The number of aromatic hydroxyl groups is 1. The maximum absolute atomic E-state index is 11.8. The molecule has 13 heteroatoms. The highest BCUT2D eigenvalue weighted by molar-refractivity contribution is 7.86. The normalized spacial score (nSPS) is 12.1. The molecule has 5 N–H and O–H groups in total. The lowest BCUT2D eigenvalue weighted by Gasteiger charge is -2.13. The summed E-state index contributed by atoms with van der Waals surface area (Å²) in [7, 11) is -9.68. The molecule has 1 amide bonds. The van der Waals surface area contributed by atoms with E-state index in [9.17, 15) is 36.1 Å². The highest BCUT2D eigenvalue weighted by Crippen LogP contribution is 2.38. The Balaban J connectivity index is 2.72. The van der Waals surface area contributed by atoms with Crippen molar-refractivity contribution in [2.45, 2.75) is 22.6 Å². The van der Waals surface area contributed by atoms with E-state index < -0.39 is 65.9 Å². The zero-order valence-electron chi connectivity index (χ0n) is 13.3. The fraction of sp³-hybridized carbons (Fsp3) is 0.143. The molecule has 0 aromatic heterocycles. The van der Waals surface area contributed by atoms with E-state index in [0.29, 0.717) is 12.1 Å². The van der Waals surface area contributed by atoms with Gasteiger partial charge in [-0.15, -0.1) is 0 Å². The highest BCUT2D eigenvalue weighted by Gasteiger charge is 2.22. The van der Waals surface area contributed by atoms with Gasteiger partial charge >= 0.3 is 5.97 Å². The van der Waals surface area contributed by atoms with Gasteiger partial charge in [0, 0.05) is 23.3 Å². The first-order chi connectivity index (χ1) is 12.3. The van der Waals surface area contributed by atoms with Crippen LogP contribution in [0.15, 0.2) is 34.1 Å². The quantitative estimate of drug-likeness (QED) is 0.418. The number of rotatable bonds is 6. The van der Waals surface area contributed by atoms with Gasteiger partial charge in [0.1, 0.15) is 10.6 Å². The minimum atomic E-state index is -4.85. The number of amides is 1. The van der Waals surface area contributed by atoms with Crippen molar-refractivity contribution in [3.63, 3.8) is 0 Å². The average Bonchev–Trinajstić information content (AvgIpc) is 2.50. The van der Waals surface area contributed by atoms with Crippen LogP contribution in [0.5, 0.6) is 5.75 Å². The van der Waals surface area contributed by atoms with E-state index in [1.165, 1.54) is 0 Å². The minimum absolute atomic E-state index is 0.160. The summed E-state index contributed by atoms with van der Waals surface area (Å²) in [5, 5.41) is 20.2. The number of carboxylic acid groups (broad SMARTS) is 1. The van der Waals surface area contributed by atoms with Crippen LogP contribution in [-0.4, -0.2) is 48.0 Å². The summed E-state index contributed by atoms with van der Waals surface area (Å²) < 4.78 is 64.1. The molecule has 0 spiro atoms. The number of carbonyl (C=O) groups is 2. The predicted octanol–water partition coefficient (Wildman–Crippen LogP) is 0.842. The van der Waals surface area contributed by atoms with Crippen molar-refractivity contribution in [3.8, 4) is 5.75 Å². The molecule has 0 saturated carbocycles. The van der Waals surface area contributed by atoms with Crippen LogP contribution >= 0.6 is 0 Å². The average molecular weight is 419 g/mol. The third kappa shape index (κ3) is 4.71. The number of phenols is 1. The van der Waals surface area contributed by atoms with Gasteiger partial charge in [-0.3, -0.25) is 18.7 Å². The summed E-state index contributed by atoms with van der Waals surface area (Å²) in [5.41, 5.74) is -0.160. The number of hydrogen-bond acceptors (Lipinski definition) is 7. The summed E-state index contributed by atoms with van der Waals surface area (Å²) in [6.07, 6.45) is -0.896. The Kier molecular flexibility index (Phi) is 5.42. The number of aliphatic carboxylic acids is 1. The standard InChI is InChI=1S/C14H13NO10S2/c16-10-6-7(26(20,21)22)5-8-11(27(23,24)25)2-1-9(14(8)10)15-12(17)3-4-13(18)19/h1-2,5-6,16H,3-4H2,(H,15,17)(H,18,19)(H,20,21,22)(H,23,24,25). The van der Waals surface area contributed by atoms with Crippen LogP contribution in [0.2, 0.25) is 0 Å². The summed E-state index contributed by atoms with van der Waals surface area (Å²) in [5.74, 6) is -2.80. The Bertz CT molecular complexity index is 1150. The first kappa shape index (κ1) is 20.6. The van der Waals surface area contributed by atoms with Crippen LogP contribution in [0.3, 0.4) is 0 Å². The van der Waals surface area contributed by atoms with Crippen molar-refractivity contribution < 1.29 is 45.7 Å². The van der Waals surface area contributed by atoms with Crippen LogP contribution in [0.25, 0.3) is 10.8 Å². The Hall–Kier alpha value is -2.74. The van der Waals surface area contributed by atoms with Crippen molar-refractivity contribution in [2.24, 2.45) is 0 Å². The SMILES string of the molecule is O=C(O)CCC(=O)Nc1ccc(S(=O)(=O)O)c2cc(S(=O)(=O)O)cc(O)c12. The number of carboxylic acids is 1. The number of phenolic OH excluding ortho intramolecular Hbond substituents is 1. The molecule has 27 heavy (non-hydrogen) atoms. The molecule has 0 saturated heterocycles. The smallest absolute Gasteiger partial charge is 0.303 e. The second-order valence-corrected chi connectivity index (χ2v) is 8.18. The molecule has 11 nitrogen and oxygen atoms in total. The van der Waals surface area contributed by atoms with Crippen molar-refractivity contribution in [3.05, 3.63) is 24.3 Å². The van der Waals surface area contributed by atoms with Gasteiger partial charge in [-0.2, -0.15) is 16.8 Å². The summed E-state index contributed by atoms with van der Waals surface area (Å²) >= 11 is 0. The Labute approximate surface area is 152 Å². The van der Waals surface area contributed by atoms with Gasteiger partial charge in [0.25, 0.3) is 20.2 Å². The third-order valence-electron chi connectivity index (χ3n) is 3.44. The Morgan fingerprint density at radius 3 is 2.11 bits per heavy atom. The van der Waals surface area contributed by atoms with E-state index in [1.807, 2.05) is 0 Å². The maximum Gasteiger partial charge on any atom is 0.303 e. The summed E-state index contributed by atoms with van der Waals surface area (Å²) in [6.45, 7) is 0. The van der Waals surface area contributed by atoms with Gasteiger partial charge in [-0.05, 0) is 18.2 Å². The van der Waals surface area contributed by atoms with Crippen LogP contribution in [-0.2, 0) is 29.8 Å². The van der Waals surface area contributed by atoms with Gasteiger partial charge in [-0.1, -0.05) is 0 Å². The number of hydrogen-bond donors (Lipinski definition) is 5. The van der Waals surface area contributed by atoms with Crippen molar-refractivity contribution in [1.29, 1.82) is 0 Å². The van der Waals surface area contributed by atoms with Crippen molar-refractivity contribution in [2.75, 3.05) is 5.32 Å². The van der Waals surface area contributed by atoms with Gasteiger partial charge in [-0.25, -0.2) is 0 Å². The molecule has 0 radical (unpaired) electrons. The number of carbonyl (C=O) groups excluding carboxylic acids is 1. The third-order valence-corrected chi connectivity index (χ3v) is 5.19. The monoisotopic (exact) mass is 419 g/mol. The lowest BCUT2D eigenvalue weighted by molar-refractivity contribution is -0.138. The molecule has 146 valence electrons. The van der Waals surface area contributed by atoms with E-state index >= 15 is 0 Å². The largest absolute Gasteiger partial charge is 0.507 e. The molecular formula is C14H13NO10S2. The van der Waals surface area contributed by atoms with E-state index in [4.69, 9.17) is 9.66 Å². The van der Waals surface area contributed by atoms with Gasteiger partial charge < -0.3 is 15.5 Å². The predicted molar refractivity (Wildman–Crippen MR) is 90.7 cm³/mol. The van der Waals surface area contributed by atoms with Crippen molar-refractivity contribution >= 4 is 48.6 Å². The van der Waals surface area contributed by atoms with E-state index in [0.717, 1.165) is 12.1 Å². The molecule has 0 aliphatic heterocycles. The van der Waals surface area contributed by atoms with E-state index in [2.05, 4.69) is 5.32 Å². The van der Waals surface area contributed by atoms with Crippen LogP contribution in [0.1, 0.15) is 12.8 Å². The molecule has 0 aliphatic carbocycles.